The molecule has 0 atom stereocenters. The highest BCUT2D eigenvalue weighted by Crippen LogP contribution is 2.32. The quantitative estimate of drug-likeness (QED) is 0.731. The van der Waals surface area contributed by atoms with Crippen LogP contribution in [0, 0.1) is 5.92 Å². The van der Waals surface area contributed by atoms with E-state index >= 15 is 0 Å². The number of nitrogens with zero attached hydrogens (tertiary/aromatic N) is 3. The van der Waals surface area contributed by atoms with Crippen LogP contribution in [0.4, 0.5) is 5.95 Å². The van der Waals surface area contributed by atoms with Gasteiger partial charge in [-0.3, -0.25) is 4.79 Å². The van der Waals surface area contributed by atoms with E-state index in [4.69, 9.17) is 32.9 Å². The average Bonchev–Trinajstić information content (AvgIpc) is 3.35. The van der Waals surface area contributed by atoms with E-state index in [1.54, 1.807) is 7.11 Å². The number of aromatic nitrogens is 2. The zero-order valence-corrected chi connectivity index (χ0v) is 18.3. The van der Waals surface area contributed by atoms with Gasteiger partial charge in [0.25, 0.3) is 0 Å². The van der Waals surface area contributed by atoms with Crippen molar-refractivity contribution in [2.24, 2.45) is 5.92 Å². The van der Waals surface area contributed by atoms with Gasteiger partial charge in [-0.1, -0.05) is 36.0 Å². The van der Waals surface area contributed by atoms with Gasteiger partial charge in [0, 0.05) is 38.7 Å². The second kappa shape index (κ2) is 9.11. The Morgan fingerprint density at radius 2 is 1.86 bits per heavy atom. The second-order valence-corrected chi connectivity index (χ2v) is 8.88. The molecular weight excluding hydrogens is 411 g/mol. The maximum absolute atomic E-state index is 12.6. The topological polar surface area (TPSA) is 59.4 Å². The molecule has 1 aromatic heterocycles. The van der Waals surface area contributed by atoms with Crippen molar-refractivity contribution in [3.05, 3.63) is 22.2 Å². The standard InChI is InChI=1S/C21H28Cl2N4O2/c1-29-11-10-27-19-13-17(23)16(22)12-18(19)25-21(27)26-8-6-14(7-9-26)20(28)24-15-4-2-3-5-15/h12-15H,2-11H2,1H3,(H,24,28). The SMILES string of the molecule is COCCn1c(N2CCC(C(=O)NC3CCCC3)CC2)nc2cc(Cl)c(Cl)cc21. The van der Waals surface area contributed by atoms with E-state index < -0.39 is 0 Å². The Hall–Kier alpha value is -1.50. The summed E-state index contributed by atoms with van der Waals surface area (Å²) >= 11 is 12.4. The number of amides is 1. The molecule has 0 spiro atoms. The van der Waals surface area contributed by atoms with Gasteiger partial charge in [0.15, 0.2) is 0 Å². The predicted molar refractivity (Wildman–Crippen MR) is 117 cm³/mol. The Balaban J connectivity index is 1.49. The Labute approximate surface area is 181 Å². The summed E-state index contributed by atoms with van der Waals surface area (Å²) in [7, 11) is 1.69. The van der Waals surface area contributed by atoms with Gasteiger partial charge in [-0.05, 0) is 37.8 Å². The number of rotatable bonds is 6. The van der Waals surface area contributed by atoms with Crippen molar-refractivity contribution >= 4 is 46.1 Å². The molecule has 1 saturated heterocycles. The van der Waals surface area contributed by atoms with Crippen molar-refractivity contribution in [1.29, 1.82) is 0 Å². The molecule has 1 amide bonds. The van der Waals surface area contributed by atoms with Crippen LogP contribution in [0.1, 0.15) is 38.5 Å². The number of hydrogen-bond donors (Lipinski definition) is 1. The lowest BCUT2D eigenvalue weighted by atomic mass is 9.95. The Bertz CT molecular complexity index is 871. The zero-order valence-electron chi connectivity index (χ0n) is 16.8. The summed E-state index contributed by atoms with van der Waals surface area (Å²) in [6, 6.07) is 4.06. The van der Waals surface area contributed by atoms with Gasteiger partial charge in [-0.15, -0.1) is 0 Å². The van der Waals surface area contributed by atoms with Crippen molar-refractivity contribution in [3.8, 4) is 0 Å². The predicted octanol–water partition coefficient (Wildman–Crippen LogP) is 4.26. The molecule has 1 aliphatic carbocycles. The fourth-order valence-electron chi connectivity index (χ4n) is 4.48. The van der Waals surface area contributed by atoms with Gasteiger partial charge in [-0.25, -0.2) is 4.98 Å². The first-order chi connectivity index (χ1) is 14.1. The number of carbonyl (C=O) groups excluding carboxylic acids is 1. The molecule has 1 saturated carbocycles. The highest BCUT2D eigenvalue weighted by atomic mass is 35.5. The fourth-order valence-corrected chi connectivity index (χ4v) is 4.80. The van der Waals surface area contributed by atoms with Gasteiger partial charge in [0.2, 0.25) is 11.9 Å². The highest BCUT2D eigenvalue weighted by Gasteiger charge is 2.29. The molecule has 0 radical (unpaired) electrons. The number of carbonyl (C=O) groups is 1. The van der Waals surface area contributed by atoms with E-state index in [9.17, 15) is 4.79 Å². The maximum atomic E-state index is 12.6. The monoisotopic (exact) mass is 438 g/mol. The second-order valence-electron chi connectivity index (χ2n) is 8.06. The van der Waals surface area contributed by atoms with Gasteiger partial charge in [0.05, 0.1) is 27.7 Å². The van der Waals surface area contributed by atoms with Crippen molar-refractivity contribution in [1.82, 2.24) is 14.9 Å². The zero-order chi connectivity index (χ0) is 20.4. The number of ether oxygens (including phenoxy) is 1. The first-order valence-corrected chi connectivity index (χ1v) is 11.2. The fraction of sp³-hybridized carbons (Fsp3) is 0.619. The van der Waals surface area contributed by atoms with Crippen LogP contribution in [0.5, 0.6) is 0 Å². The molecule has 6 nitrogen and oxygen atoms in total. The molecule has 1 aromatic carbocycles. The van der Waals surface area contributed by atoms with E-state index in [1.807, 2.05) is 12.1 Å². The van der Waals surface area contributed by atoms with Gasteiger partial charge in [0.1, 0.15) is 0 Å². The normalized spacial score (nSPS) is 18.7. The highest BCUT2D eigenvalue weighted by molar-refractivity contribution is 6.42. The minimum Gasteiger partial charge on any atom is -0.383 e. The molecule has 1 N–H and O–H groups in total. The number of halogens is 2. The molecule has 2 fully saturated rings. The van der Waals surface area contributed by atoms with Crippen LogP contribution in [-0.2, 0) is 16.1 Å². The Kier molecular flexibility index (Phi) is 6.52. The number of fused-ring (bicyclic) bond motifs is 1. The summed E-state index contributed by atoms with van der Waals surface area (Å²) in [6.45, 7) is 2.88. The van der Waals surface area contributed by atoms with Gasteiger partial charge < -0.3 is 19.5 Å². The molecule has 2 heterocycles. The number of imidazole rings is 1. The van der Waals surface area contributed by atoms with E-state index in [0.29, 0.717) is 29.2 Å². The summed E-state index contributed by atoms with van der Waals surface area (Å²) in [5.74, 6) is 1.21. The molecule has 0 unspecified atom stereocenters. The number of methoxy groups -OCH3 is 1. The first kappa shape index (κ1) is 20.8. The van der Waals surface area contributed by atoms with Crippen LogP contribution >= 0.6 is 23.2 Å². The van der Waals surface area contributed by atoms with E-state index in [-0.39, 0.29) is 11.8 Å². The smallest absolute Gasteiger partial charge is 0.223 e. The number of piperidine rings is 1. The van der Waals surface area contributed by atoms with Crippen molar-refractivity contribution < 1.29 is 9.53 Å². The summed E-state index contributed by atoms with van der Waals surface area (Å²) in [5.41, 5.74) is 1.78. The minimum absolute atomic E-state index is 0.0903. The van der Waals surface area contributed by atoms with Gasteiger partial charge >= 0.3 is 0 Å². The van der Waals surface area contributed by atoms with Crippen LogP contribution in [0.2, 0.25) is 10.0 Å². The summed E-state index contributed by atoms with van der Waals surface area (Å²) in [4.78, 5) is 19.7. The van der Waals surface area contributed by atoms with Crippen LogP contribution in [0.25, 0.3) is 11.0 Å². The molecule has 1 aliphatic heterocycles. The third kappa shape index (κ3) is 4.49. The van der Waals surface area contributed by atoms with E-state index in [0.717, 1.165) is 55.8 Å². The Morgan fingerprint density at radius 3 is 2.55 bits per heavy atom. The molecule has 8 heteroatoms. The molecule has 158 valence electrons. The number of anilines is 1. The van der Waals surface area contributed by atoms with Crippen LogP contribution in [0.15, 0.2) is 12.1 Å². The molecule has 2 aliphatic rings. The molecule has 2 aromatic rings. The molecular formula is C21H28Cl2N4O2. The summed E-state index contributed by atoms with van der Waals surface area (Å²) in [6.07, 6.45) is 6.39. The minimum atomic E-state index is 0.0903. The van der Waals surface area contributed by atoms with E-state index in [2.05, 4.69) is 14.8 Å². The van der Waals surface area contributed by atoms with Crippen molar-refractivity contribution in [3.63, 3.8) is 0 Å². The van der Waals surface area contributed by atoms with E-state index in [1.165, 1.54) is 12.8 Å². The molecule has 4 rings (SSSR count). The molecule has 0 bridgehead atoms. The number of hydrogen-bond acceptors (Lipinski definition) is 4. The average molecular weight is 439 g/mol. The van der Waals surface area contributed by atoms with Crippen molar-refractivity contribution in [2.45, 2.75) is 51.1 Å². The number of nitrogens with one attached hydrogen (secondary N) is 1. The van der Waals surface area contributed by atoms with Crippen LogP contribution in [0.3, 0.4) is 0 Å². The molecule has 29 heavy (non-hydrogen) atoms. The lowest BCUT2D eigenvalue weighted by molar-refractivity contribution is -0.126. The number of benzene rings is 1. The summed E-state index contributed by atoms with van der Waals surface area (Å²) < 4.78 is 7.43. The van der Waals surface area contributed by atoms with Gasteiger partial charge in [-0.2, -0.15) is 0 Å². The van der Waals surface area contributed by atoms with Crippen LogP contribution < -0.4 is 10.2 Å². The largest absolute Gasteiger partial charge is 0.383 e. The first-order valence-electron chi connectivity index (χ1n) is 10.5. The Morgan fingerprint density at radius 1 is 1.17 bits per heavy atom. The maximum Gasteiger partial charge on any atom is 0.223 e. The third-order valence-corrected chi connectivity index (χ3v) is 6.86. The third-order valence-electron chi connectivity index (χ3n) is 6.14. The lowest BCUT2D eigenvalue weighted by Gasteiger charge is -2.33. The van der Waals surface area contributed by atoms with Crippen LogP contribution in [-0.4, -0.2) is 48.3 Å². The lowest BCUT2D eigenvalue weighted by Crippen LogP contribution is -2.43. The van der Waals surface area contributed by atoms with Crippen molar-refractivity contribution in [2.75, 3.05) is 31.7 Å². The summed E-state index contributed by atoms with van der Waals surface area (Å²) in [5, 5.41) is 4.28.